The zero-order valence-electron chi connectivity index (χ0n) is 14.2. The van der Waals surface area contributed by atoms with Crippen molar-refractivity contribution in [1.82, 2.24) is 10.2 Å². The van der Waals surface area contributed by atoms with Gasteiger partial charge in [0.05, 0.1) is 5.41 Å². The summed E-state index contributed by atoms with van der Waals surface area (Å²) in [4.78, 5) is 15.3. The number of hydrogen-bond acceptors (Lipinski definition) is 2. The first-order valence-electron chi connectivity index (χ1n) is 8.73. The quantitative estimate of drug-likeness (QED) is 0.843. The van der Waals surface area contributed by atoms with E-state index >= 15 is 0 Å². The Hall–Kier alpha value is -0.870. The maximum Gasteiger partial charge on any atom is 0.230 e. The second-order valence-corrected chi connectivity index (χ2v) is 8.55. The smallest absolute Gasteiger partial charge is 0.230 e. The minimum absolute atomic E-state index is 0.0336. The normalized spacial score (nSPS) is 21.0. The lowest BCUT2D eigenvalue weighted by atomic mass is 9.94. The summed E-state index contributed by atoms with van der Waals surface area (Å²) in [6, 6.07) is 8.21. The number of nitrogens with zero attached hydrogens (tertiary/aromatic N) is 1. The fourth-order valence-electron chi connectivity index (χ4n) is 3.62. The number of carbonyl (C=O) groups excluding carboxylic acids is 1. The van der Waals surface area contributed by atoms with Crippen LogP contribution in [0.15, 0.2) is 28.7 Å². The van der Waals surface area contributed by atoms with Gasteiger partial charge in [-0.3, -0.25) is 9.69 Å². The number of likely N-dealkylation sites (tertiary alicyclic amines) is 1. The van der Waals surface area contributed by atoms with E-state index in [4.69, 9.17) is 0 Å². The first-order chi connectivity index (χ1) is 10.9. The first kappa shape index (κ1) is 17.0. The van der Waals surface area contributed by atoms with Crippen LogP contribution >= 0.6 is 15.9 Å². The molecule has 0 unspecified atom stereocenters. The molecule has 126 valence electrons. The minimum atomic E-state index is -0.279. The van der Waals surface area contributed by atoms with E-state index in [9.17, 15) is 4.79 Å². The Morgan fingerprint density at radius 1 is 1.17 bits per heavy atom. The Kier molecular flexibility index (Phi) is 4.84. The molecule has 0 atom stereocenters. The van der Waals surface area contributed by atoms with Gasteiger partial charge in [-0.15, -0.1) is 0 Å². The molecular weight excluding hydrogens is 352 g/mol. The largest absolute Gasteiger partial charge is 0.353 e. The predicted octanol–water partition coefficient (Wildman–Crippen LogP) is 3.86. The van der Waals surface area contributed by atoms with Crippen LogP contribution in [-0.4, -0.2) is 36.0 Å². The van der Waals surface area contributed by atoms with Gasteiger partial charge in [-0.2, -0.15) is 0 Å². The standard InChI is InChI=1S/C19H27BrN2O/c1-18(2,22-12-4-3-5-13-22)14-21-17(23)19(10-11-19)15-6-8-16(20)9-7-15/h6-9H,3-5,10-14H2,1-2H3,(H,21,23). The van der Waals surface area contributed by atoms with Crippen LogP contribution in [0.2, 0.25) is 0 Å². The topological polar surface area (TPSA) is 32.3 Å². The predicted molar refractivity (Wildman–Crippen MR) is 97.6 cm³/mol. The van der Waals surface area contributed by atoms with Crippen LogP contribution in [-0.2, 0) is 10.2 Å². The van der Waals surface area contributed by atoms with Gasteiger partial charge in [0.25, 0.3) is 0 Å². The monoisotopic (exact) mass is 378 g/mol. The van der Waals surface area contributed by atoms with Gasteiger partial charge in [0.1, 0.15) is 0 Å². The summed E-state index contributed by atoms with van der Waals surface area (Å²) in [6.07, 6.45) is 5.82. The van der Waals surface area contributed by atoms with Gasteiger partial charge in [-0.25, -0.2) is 0 Å². The van der Waals surface area contributed by atoms with E-state index in [1.54, 1.807) is 0 Å². The maximum atomic E-state index is 12.8. The van der Waals surface area contributed by atoms with Gasteiger partial charge >= 0.3 is 0 Å². The molecule has 2 fully saturated rings. The zero-order chi connectivity index (χ0) is 16.5. The molecular formula is C19H27BrN2O. The summed E-state index contributed by atoms with van der Waals surface area (Å²) in [5.74, 6) is 0.199. The third kappa shape index (κ3) is 3.63. The zero-order valence-corrected chi connectivity index (χ0v) is 15.8. The van der Waals surface area contributed by atoms with E-state index in [1.165, 1.54) is 19.3 Å². The Balaban J connectivity index is 1.61. The number of amides is 1. The number of hydrogen-bond donors (Lipinski definition) is 1. The van der Waals surface area contributed by atoms with E-state index in [0.717, 1.165) is 42.5 Å². The van der Waals surface area contributed by atoms with Gasteiger partial charge in [0.2, 0.25) is 5.91 Å². The molecule has 1 aliphatic carbocycles. The summed E-state index contributed by atoms with van der Waals surface area (Å²) < 4.78 is 1.06. The Bertz CT molecular complexity index is 557. The van der Waals surface area contributed by atoms with Crippen molar-refractivity contribution in [3.63, 3.8) is 0 Å². The van der Waals surface area contributed by atoms with Crippen LogP contribution in [0.25, 0.3) is 0 Å². The molecule has 0 spiro atoms. The third-order valence-electron chi connectivity index (χ3n) is 5.48. The molecule has 2 aliphatic rings. The molecule has 1 saturated heterocycles. The molecule has 3 nitrogen and oxygen atoms in total. The number of benzene rings is 1. The molecule has 3 rings (SSSR count). The van der Waals surface area contributed by atoms with Crippen molar-refractivity contribution in [3.8, 4) is 0 Å². The second-order valence-electron chi connectivity index (χ2n) is 7.63. The molecule has 1 saturated carbocycles. The van der Waals surface area contributed by atoms with Crippen molar-refractivity contribution < 1.29 is 4.79 Å². The van der Waals surface area contributed by atoms with Crippen molar-refractivity contribution >= 4 is 21.8 Å². The summed E-state index contributed by atoms with van der Waals surface area (Å²) in [6.45, 7) is 7.53. The molecule has 1 heterocycles. The molecule has 0 radical (unpaired) electrons. The molecule has 1 aliphatic heterocycles. The maximum absolute atomic E-state index is 12.8. The van der Waals surface area contributed by atoms with Crippen LogP contribution in [0.1, 0.15) is 51.5 Å². The van der Waals surface area contributed by atoms with Crippen molar-refractivity contribution in [3.05, 3.63) is 34.3 Å². The van der Waals surface area contributed by atoms with Crippen LogP contribution < -0.4 is 5.32 Å². The molecule has 0 aromatic heterocycles. The fraction of sp³-hybridized carbons (Fsp3) is 0.632. The van der Waals surface area contributed by atoms with Gasteiger partial charge < -0.3 is 5.32 Å². The van der Waals surface area contributed by atoms with Crippen molar-refractivity contribution in [2.75, 3.05) is 19.6 Å². The Labute approximate surface area is 148 Å². The Morgan fingerprint density at radius 3 is 2.35 bits per heavy atom. The molecule has 1 aromatic rings. The lowest BCUT2D eigenvalue weighted by Crippen LogP contribution is -2.54. The number of rotatable bonds is 5. The summed E-state index contributed by atoms with van der Waals surface area (Å²) >= 11 is 3.46. The molecule has 1 amide bonds. The molecule has 1 aromatic carbocycles. The SMILES string of the molecule is CC(C)(CNC(=O)C1(c2ccc(Br)cc2)CC1)N1CCCCC1. The van der Waals surface area contributed by atoms with E-state index in [2.05, 4.69) is 52.1 Å². The molecule has 0 bridgehead atoms. The highest BCUT2D eigenvalue weighted by molar-refractivity contribution is 9.10. The number of nitrogens with one attached hydrogen (secondary N) is 1. The van der Waals surface area contributed by atoms with Crippen LogP contribution in [0.5, 0.6) is 0 Å². The number of carbonyl (C=O) groups is 1. The van der Waals surface area contributed by atoms with E-state index in [0.29, 0.717) is 0 Å². The first-order valence-corrected chi connectivity index (χ1v) is 9.53. The van der Waals surface area contributed by atoms with Gasteiger partial charge in [0.15, 0.2) is 0 Å². The van der Waals surface area contributed by atoms with Gasteiger partial charge in [-0.05, 0) is 70.3 Å². The van der Waals surface area contributed by atoms with Crippen molar-refractivity contribution in [1.29, 1.82) is 0 Å². The highest BCUT2D eigenvalue weighted by Crippen LogP contribution is 2.48. The van der Waals surface area contributed by atoms with Crippen molar-refractivity contribution in [2.24, 2.45) is 0 Å². The number of piperidine rings is 1. The highest BCUT2D eigenvalue weighted by atomic mass is 79.9. The average Bonchev–Trinajstić information content (AvgIpc) is 3.36. The number of halogens is 1. The lowest BCUT2D eigenvalue weighted by Gasteiger charge is -2.41. The van der Waals surface area contributed by atoms with E-state index in [1.807, 2.05) is 12.1 Å². The summed E-state index contributed by atoms with van der Waals surface area (Å²) in [5.41, 5.74) is 0.902. The fourth-order valence-corrected chi connectivity index (χ4v) is 3.88. The lowest BCUT2D eigenvalue weighted by molar-refractivity contribution is -0.124. The summed E-state index contributed by atoms with van der Waals surface area (Å²) in [5, 5.41) is 3.24. The Morgan fingerprint density at radius 2 is 1.78 bits per heavy atom. The van der Waals surface area contributed by atoms with E-state index < -0.39 is 0 Å². The minimum Gasteiger partial charge on any atom is -0.353 e. The van der Waals surface area contributed by atoms with Crippen LogP contribution in [0.3, 0.4) is 0 Å². The van der Waals surface area contributed by atoms with Crippen molar-refractivity contribution in [2.45, 2.75) is 56.9 Å². The molecule has 4 heteroatoms. The third-order valence-corrected chi connectivity index (χ3v) is 6.00. The summed E-state index contributed by atoms with van der Waals surface area (Å²) in [7, 11) is 0. The molecule has 23 heavy (non-hydrogen) atoms. The average molecular weight is 379 g/mol. The van der Waals surface area contributed by atoms with Crippen LogP contribution in [0.4, 0.5) is 0 Å². The van der Waals surface area contributed by atoms with Gasteiger partial charge in [0, 0.05) is 16.6 Å². The van der Waals surface area contributed by atoms with Crippen LogP contribution in [0, 0.1) is 0 Å². The highest BCUT2D eigenvalue weighted by Gasteiger charge is 2.51. The second kappa shape index (κ2) is 6.56. The van der Waals surface area contributed by atoms with Gasteiger partial charge in [-0.1, -0.05) is 34.5 Å². The molecule has 1 N–H and O–H groups in total. The van der Waals surface area contributed by atoms with E-state index in [-0.39, 0.29) is 16.9 Å².